The molecule has 12 heteroatoms. The fourth-order valence-corrected chi connectivity index (χ4v) is 5.04. The second-order valence-corrected chi connectivity index (χ2v) is 12.0. The molecule has 0 aliphatic rings. The number of rotatable bonds is 12. The molecule has 226 valence electrons. The maximum atomic E-state index is 14.7. The molecule has 0 heterocycles. The van der Waals surface area contributed by atoms with E-state index >= 15 is 0 Å². The first-order chi connectivity index (χ1) is 20.3. The predicted molar refractivity (Wildman–Crippen MR) is 162 cm³/mol. The Labute approximate surface area is 253 Å². The van der Waals surface area contributed by atoms with Crippen LogP contribution in [0.3, 0.4) is 0 Å². The summed E-state index contributed by atoms with van der Waals surface area (Å²) in [4.78, 5) is 13.0. The van der Waals surface area contributed by atoms with Crippen molar-refractivity contribution >= 4 is 39.0 Å². The Bertz CT molecular complexity index is 1740. The van der Waals surface area contributed by atoms with E-state index in [0.717, 1.165) is 17.9 Å². The van der Waals surface area contributed by atoms with E-state index in [9.17, 15) is 22.0 Å². The number of anilines is 2. The summed E-state index contributed by atoms with van der Waals surface area (Å²) in [7, 11) is -3.54. The lowest BCUT2D eigenvalue weighted by molar-refractivity contribution is -0.144. The number of hydrogen-bond donors (Lipinski definition) is 2. The highest BCUT2D eigenvalue weighted by molar-refractivity contribution is 7.92. The molecule has 1 atom stereocenters. The van der Waals surface area contributed by atoms with Gasteiger partial charge in [0.25, 0.3) is 0 Å². The summed E-state index contributed by atoms with van der Waals surface area (Å²) in [6, 6.07) is 20.3. The van der Waals surface area contributed by atoms with Gasteiger partial charge in [0.2, 0.25) is 10.0 Å². The van der Waals surface area contributed by atoms with Gasteiger partial charge in [-0.2, -0.15) is 0 Å². The molecular formula is C31H29ClF2N2O6S. The van der Waals surface area contributed by atoms with Crippen LogP contribution in [0.25, 0.3) is 0 Å². The number of carboxylic acid groups (broad SMARTS) is 1. The Balaban J connectivity index is 1.59. The zero-order valence-electron chi connectivity index (χ0n) is 23.5. The Kier molecular flexibility index (Phi) is 9.77. The average Bonchev–Trinajstić information content (AvgIpc) is 2.93. The molecular weight excluding hydrogens is 602 g/mol. The minimum Gasteiger partial charge on any atom is -0.479 e. The van der Waals surface area contributed by atoms with Crippen LogP contribution in [0.4, 0.5) is 20.2 Å². The largest absolute Gasteiger partial charge is 0.479 e. The normalized spacial score (nSPS) is 12.0. The third kappa shape index (κ3) is 8.59. The SMILES string of the molecule is Cc1c(NS(C)(=O)=O)cccc1N(Cc1ccc(Oc2ccc(Cl)c(O[C@H](C)C(=O)O)c2)cc1)Cc1ccc(F)cc1F. The Hall–Kier alpha value is -4.35. The van der Waals surface area contributed by atoms with Crippen LogP contribution < -0.4 is 19.1 Å². The van der Waals surface area contributed by atoms with Gasteiger partial charge in [0.1, 0.15) is 28.9 Å². The third-order valence-electron chi connectivity index (χ3n) is 6.40. The zero-order chi connectivity index (χ0) is 31.3. The van der Waals surface area contributed by atoms with Crippen molar-refractivity contribution in [2.24, 2.45) is 0 Å². The standard InChI is InChI=1S/C31H29ClF2N2O6S/c1-19-28(35-43(3,39)40)5-4-6-29(19)36(18-22-9-10-23(33)15-27(22)34)17-21-7-11-24(12-8-21)42-25-13-14-26(32)30(16-25)41-20(2)31(37)38/h4-16,20,35H,17-18H2,1-3H3,(H,37,38)/t20-/m1/s1. The van der Waals surface area contributed by atoms with Gasteiger partial charge >= 0.3 is 5.97 Å². The minimum absolute atomic E-state index is 0.0792. The van der Waals surface area contributed by atoms with Gasteiger partial charge in [-0.3, -0.25) is 4.72 Å². The van der Waals surface area contributed by atoms with Gasteiger partial charge < -0.3 is 19.5 Å². The molecule has 0 unspecified atom stereocenters. The topological polar surface area (TPSA) is 105 Å². The zero-order valence-corrected chi connectivity index (χ0v) is 25.0. The summed E-state index contributed by atoms with van der Waals surface area (Å²) in [6.07, 6.45) is -0.0482. The van der Waals surface area contributed by atoms with Gasteiger partial charge in [-0.25, -0.2) is 22.0 Å². The third-order valence-corrected chi connectivity index (χ3v) is 7.31. The van der Waals surface area contributed by atoms with Gasteiger partial charge in [-0.1, -0.05) is 35.9 Å². The van der Waals surface area contributed by atoms with Crippen LogP contribution in [-0.4, -0.2) is 31.9 Å². The van der Waals surface area contributed by atoms with Gasteiger partial charge in [-0.05, 0) is 67.4 Å². The lowest BCUT2D eigenvalue weighted by Crippen LogP contribution is -2.24. The van der Waals surface area contributed by atoms with Crippen LogP contribution in [0.2, 0.25) is 5.02 Å². The second-order valence-electron chi connectivity index (χ2n) is 9.85. The summed E-state index contributed by atoms with van der Waals surface area (Å²) in [5.74, 6) is -1.49. The van der Waals surface area contributed by atoms with Gasteiger partial charge in [0.05, 0.1) is 17.0 Å². The molecule has 0 saturated heterocycles. The van der Waals surface area contributed by atoms with Crippen LogP contribution in [0.15, 0.2) is 78.9 Å². The molecule has 0 saturated carbocycles. The first-order valence-corrected chi connectivity index (χ1v) is 15.3. The van der Waals surface area contributed by atoms with E-state index in [1.54, 1.807) is 43.3 Å². The number of aliphatic carboxylic acids is 1. The summed E-state index contributed by atoms with van der Waals surface area (Å²) < 4.78 is 65.9. The number of nitrogens with one attached hydrogen (secondary N) is 1. The number of hydrogen-bond acceptors (Lipinski definition) is 6. The van der Waals surface area contributed by atoms with Crippen LogP contribution in [0.5, 0.6) is 17.2 Å². The Morgan fingerprint density at radius 1 is 1.00 bits per heavy atom. The molecule has 4 aromatic rings. The molecule has 0 aromatic heterocycles. The number of ether oxygens (including phenoxy) is 2. The van der Waals surface area contributed by atoms with Crippen molar-refractivity contribution in [3.8, 4) is 17.2 Å². The van der Waals surface area contributed by atoms with Crippen molar-refractivity contribution in [3.63, 3.8) is 0 Å². The summed E-state index contributed by atoms with van der Waals surface area (Å²) in [6.45, 7) is 3.52. The van der Waals surface area contributed by atoms with Crippen LogP contribution >= 0.6 is 11.6 Å². The van der Waals surface area contributed by atoms with E-state index in [1.807, 2.05) is 17.0 Å². The quantitative estimate of drug-likeness (QED) is 0.171. The fourth-order valence-electron chi connectivity index (χ4n) is 4.26. The average molecular weight is 631 g/mol. The minimum atomic E-state index is -3.54. The monoisotopic (exact) mass is 630 g/mol. The number of benzene rings is 4. The van der Waals surface area contributed by atoms with E-state index in [-0.39, 0.29) is 22.9 Å². The van der Waals surface area contributed by atoms with Crippen molar-refractivity contribution < 1.29 is 36.6 Å². The highest BCUT2D eigenvalue weighted by atomic mass is 35.5. The van der Waals surface area contributed by atoms with Crippen molar-refractivity contribution in [2.45, 2.75) is 33.0 Å². The van der Waals surface area contributed by atoms with Gasteiger partial charge in [-0.15, -0.1) is 0 Å². The van der Waals surface area contributed by atoms with Crippen molar-refractivity contribution in [2.75, 3.05) is 15.9 Å². The van der Waals surface area contributed by atoms with Crippen molar-refractivity contribution in [3.05, 3.63) is 112 Å². The molecule has 0 fully saturated rings. The van der Waals surface area contributed by atoms with E-state index in [0.29, 0.717) is 35.0 Å². The molecule has 43 heavy (non-hydrogen) atoms. The van der Waals surface area contributed by atoms with E-state index < -0.39 is 33.7 Å². The molecule has 0 spiro atoms. The van der Waals surface area contributed by atoms with Gasteiger partial charge in [0.15, 0.2) is 6.10 Å². The maximum Gasteiger partial charge on any atom is 0.344 e. The maximum absolute atomic E-state index is 14.7. The first-order valence-electron chi connectivity index (χ1n) is 13.0. The molecule has 0 aliphatic heterocycles. The molecule has 0 amide bonds. The van der Waals surface area contributed by atoms with E-state index in [1.165, 1.54) is 31.2 Å². The lowest BCUT2D eigenvalue weighted by atomic mass is 10.1. The molecule has 0 aliphatic carbocycles. The number of halogens is 3. The summed E-state index contributed by atoms with van der Waals surface area (Å²) in [5.41, 5.74) is 2.76. The molecule has 2 N–H and O–H groups in total. The number of nitrogens with zero attached hydrogens (tertiary/aromatic N) is 1. The molecule has 0 radical (unpaired) electrons. The smallest absolute Gasteiger partial charge is 0.344 e. The van der Waals surface area contributed by atoms with Crippen LogP contribution in [0.1, 0.15) is 23.6 Å². The van der Waals surface area contributed by atoms with E-state index in [2.05, 4.69) is 4.72 Å². The van der Waals surface area contributed by atoms with Gasteiger partial charge in [0, 0.05) is 36.5 Å². The van der Waals surface area contributed by atoms with Crippen molar-refractivity contribution in [1.29, 1.82) is 0 Å². The predicted octanol–water partition coefficient (Wildman–Crippen LogP) is 7.15. The van der Waals surface area contributed by atoms with Crippen molar-refractivity contribution in [1.82, 2.24) is 0 Å². The first kappa shape index (κ1) is 31.6. The fraction of sp³-hybridized carbons (Fsp3) is 0.194. The molecule has 4 rings (SSSR count). The number of carbonyl (C=O) groups is 1. The number of carboxylic acids is 1. The Morgan fingerprint density at radius 2 is 1.70 bits per heavy atom. The number of sulfonamides is 1. The van der Waals surface area contributed by atoms with Crippen LogP contribution in [0, 0.1) is 18.6 Å². The summed E-state index contributed by atoms with van der Waals surface area (Å²) >= 11 is 6.14. The molecule has 8 nitrogen and oxygen atoms in total. The Morgan fingerprint density at radius 3 is 2.35 bits per heavy atom. The highest BCUT2D eigenvalue weighted by Gasteiger charge is 2.18. The summed E-state index contributed by atoms with van der Waals surface area (Å²) in [5, 5.41) is 9.35. The van der Waals surface area contributed by atoms with E-state index in [4.69, 9.17) is 26.2 Å². The second kappa shape index (κ2) is 13.3. The van der Waals surface area contributed by atoms with Crippen LogP contribution in [-0.2, 0) is 27.9 Å². The highest BCUT2D eigenvalue weighted by Crippen LogP contribution is 2.33. The molecule has 4 aromatic carbocycles. The molecule has 0 bridgehead atoms. The lowest BCUT2D eigenvalue weighted by Gasteiger charge is -2.28.